The van der Waals surface area contributed by atoms with Gasteiger partial charge in [0.25, 0.3) is 0 Å². The molecule has 0 unspecified atom stereocenters. The Bertz CT molecular complexity index is 658. The molecule has 104 valence electrons. The van der Waals surface area contributed by atoms with E-state index in [2.05, 4.69) is 21.2 Å². The zero-order valence-electron chi connectivity index (χ0n) is 10.9. The van der Waals surface area contributed by atoms with Gasteiger partial charge in [-0.3, -0.25) is 4.79 Å². The summed E-state index contributed by atoms with van der Waals surface area (Å²) in [6.45, 7) is 2.59. The number of carbonyl (C=O) groups excluding carboxylic acids is 1. The molecule has 1 amide bonds. The zero-order chi connectivity index (χ0) is 14.7. The van der Waals surface area contributed by atoms with Crippen molar-refractivity contribution in [2.45, 2.75) is 13.5 Å². The number of carbonyl (C=O) groups is 1. The summed E-state index contributed by atoms with van der Waals surface area (Å²) in [5, 5.41) is 4.00. The van der Waals surface area contributed by atoms with Gasteiger partial charge in [-0.05, 0) is 64.3 Å². The molecule has 0 fully saturated rings. The van der Waals surface area contributed by atoms with Gasteiger partial charge in [0.2, 0.25) is 5.91 Å². The topological polar surface area (TPSA) is 55.1 Å². The van der Waals surface area contributed by atoms with Crippen molar-refractivity contribution in [3.8, 4) is 0 Å². The van der Waals surface area contributed by atoms with Crippen molar-refractivity contribution < 1.29 is 4.79 Å². The fourth-order valence-corrected chi connectivity index (χ4v) is 2.31. The number of nitrogens with one attached hydrogen (secondary N) is 1. The van der Waals surface area contributed by atoms with Crippen LogP contribution in [0.5, 0.6) is 0 Å². The number of halogens is 2. The Morgan fingerprint density at radius 2 is 2.05 bits per heavy atom. The summed E-state index contributed by atoms with van der Waals surface area (Å²) in [5.41, 5.74) is 8.79. The van der Waals surface area contributed by atoms with Crippen molar-refractivity contribution in [3.63, 3.8) is 0 Å². The van der Waals surface area contributed by atoms with Crippen LogP contribution in [0.3, 0.4) is 0 Å². The molecule has 5 heteroatoms. The van der Waals surface area contributed by atoms with Crippen molar-refractivity contribution in [3.05, 3.63) is 62.6 Å². The number of nitrogens with two attached hydrogens (primary N) is 1. The fourth-order valence-electron chi connectivity index (χ4n) is 1.86. The van der Waals surface area contributed by atoms with Gasteiger partial charge in [0.1, 0.15) is 0 Å². The second-order valence-electron chi connectivity index (χ2n) is 4.50. The Kier molecular flexibility index (Phi) is 4.68. The van der Waals surface area contributed by atoms with E-state index in [0.717, 1.165) is 21.3 Å². The first-order chi connectivity index (χ1) is 9.47. The summed E-state index contributed by atoms with van der Waals surface area (Å²) in [5.74, 6) is -0.417. The predicted octanol–water partition coefficient (Wildman–Crippen LogP) is 4.12. The molecule has 0 saturated carbocycles. The Morgan fingerprint density at radius 3 is 2.65 bits per heavy atom. The fraction of sp³-hybridized carbons (Fsp3) is 0.133. The molecule has 0 heterocycles. The minimum Gasteiger partial charge on any atom is -0.381 e. The van der Waals surface area contributed by atoms with Crippen molar-refractivity contribution in [2.75, 3.05) is 5.32 Å². The quantitative estimate of drug-likeness (QED) is 0.868. The first kappa shape index (κ1) is 14.9. The molecule has 0 bridgehead atoms. The van der Waals surface area contributed by atoms with Gasteiger partial charge < -0.3 is 11.1 Å². The van der Waals surface area contributed by atoms with Crippen molar-refractivity contribution >= 4 is 39.1 Å². The lowest BCUT2D eigenvalue weighted by molar-refractivity contribution is 0.1000. The lowest BCUT2D eigenvalue weighted by atomic mass is 10.1. The summed E-state index contributed by atoms with van der Waals surface area (Å²) in [6.07, 6.45) is 0. The van der Waals surface area contributed by atoms with Crippen molar-refractivity contribution in [1.29, 1.82) is 0 Å². The second kappa shape index (κ2) is 6.29. The smallest absolute Gasteiger partial charge is 0.248 e. The number of hydrogen-bond donors (Lipinski definition) is 2. The molecule has 0 spiro atoms. The van der Waals surface area contributed by atoms with E-state index in [9.17, 15) is 4.79 Å². The molecule has 0 atom stereocenters. The molecule has 0 aliphatic rings. The molecule has 0 aliphatic heterocycles. The normalized spacial score (nSPS) is 10.3. The lowest BCUT2D eigenvalue weighted by Crippen LogP contribution is -2.11. The zero-order valence-corrected chi connectivity index (χ0v) is 13.3. The van der Waals surface area contributed by atoms with Crippen molar-refractivity contribution in [1.82, 2.24) is 0 Å². The van der Waals surface area contributed by atoms with E-state index in [-0.39, 0.29) is 0 Å². The van der Waals surface area contributed by atoms with Crippen LogP contribution < -0.4 is 11.1 Å². The van der Waals surface area contributed by atoms with Gasteiger partial charge in [-0.1, -0.05) is 17.7 Å². The molecule has 0 aromatic heterocycles. The van der Waals surface area contributed by atoms with E-state index in [1.807, 2.05) is 31.2 Å². The number of rotatable bonds is 4. The number of benzene rings is 2. The molecule has 3 N–H and O–H groups in total. The molecular weight excluding hydrogens is 340 g/mol. The van der Waals surface area contributed by atoms with Gasteiger partial charge >= 0.3 is 0 Å². The Balaban J connectivity index is 2.10. The van der Waals surface area contributed by atoms with Crippen LogP contribution in [0.15, 0.2) is 40.9 Å². The van der Waals surface area contributed by atoms with Crippen LogP contribution in [0.4, 0.5) is 5.69 Å². The van der Waals surface area contributed by atoms with Crippen molar-refractivity contribution in [2.24, 2.45) is 5.73 Å². The summed E-state index contributed by atoms with van der Waals surface area (Å²) in [7, 11) is 0. The van der Waals surface area contributed by atoms with Gasteiger partial charge in [-0.25, -0.2) is 0 Å². The highest BCUT2D eigenvalue weighted by molar-refractivity contribution is 9.10. The highest BCUT2D eigenvalue weighted by Crippen LogP contribution is 2.24. The number of primary amides is 1. The SMILES string of the molecule is Cc1cc(C(N)=O)ccc1NCc1ccc(Br)c(Cl)c1. The first-order valence-corrected chi connectivity index (χ1v) is 7.22. The Morgan fingerprint density at radius 1 is 1.30 bits per heavy atom. The molecule has 0 aliphatic carbocycles. The largest absolute Gasteiger partial charge is 0.381 e. The van der Waals surface area contributed by atoms with Crippen LogP contribution in [-0.2, 0) is 6.54 Å². The van der Waals surface area contributed by atoms with Gasteiger partial charge in [0.05, 0.1) is 5.02 Å². The highest BCUT2D eigenvalue weighted by Gasteiger charge is 2.04. The summed E-state index contributed by atoms with van der Waals surface area (Å²) < 4.78 is 0.880. The maximum absolute atomic E-state index is 11.1. The minimum absolute atomic E-state index is 0.417. The van der Waals surface area contributed by atoms with E-state index >= 15 is 0 Å². The van der Waals surface area contributed by atoms with E-state index in [4.69, 9.17) is 17.3 Å². The van der Waals surface area contributed by atoms with Crippen LogP contribution in [0.1, 0.15) is 21.5 Å². The van der Waals surface area contributed by atoms with Gasteiger partial charge in [0, 0.05) is 22.3 Å². The maximum Gasteiger partial charge on any atom is 0.248 e. The molecule has 0 saturated heterocycles. The average Bonchev–Trinajstić information content (AvgIpc) is 2.41. The summed E-state index contributed by atoms with van der Waals surface area (Å²) in [4.78, 5) is 11.1. The Hall–Kier alpha value is -1.52. The molecule has 2 aromatic carbocycles. The Labute approximate surface area is 131 Å². The molecule has 3 nitrogen and oxygen atoms in total. The highest BCUT2D eigenvalue weighted by atomic mass is 79.9. The molecule has 20 heavy (non-hydrogen) atoms. The standard InChI is InChI=1S/C15H14BrClN2O/c1-9-6-11(15(18)20)3-5-14(9)19-8-10-2-4-12(16)13(17)7-10/h2-7,19H,8H2,1H3,(H2,18,20). The van der Waals surface area contributed by atoms with E-state index in [0.29, 0.717) is 17.1 Å². The minimum atomic E-state index is -0.417. The predicted molar refractivity (Wildman–Crippen MR) is 86.2 cm³/mol. The second-order valence-corrected chi connectivity index (χ2v) is 5.76. The van der Waals surface area contributed by atoms with E-state index < -0.39 is 5.91 Å². The van der Waals surface area contributed by atoms with Gasteiger partial charge in [0.15, 0.2) is 0 Å². The molecule has 2 rings (SSSR count). The van der Waals surface area contributed by atoms with Crippen LogP contribution in [0.25, 0.3) is 0 Å². The van der Waals surface area contributed by atoms with E-state index in [1.165, 1.54) is 0 Å². The van der Waals surface area contributed by atoms with Crippen LogP contribution in [0.2, 0.25) is 5.02 Å². The monoisotopic (exact) mass is 352 g/mol. The molecular formula is C15H14BrClN2O. The third kappa shape index (κ3) is 3.52. The number of amides is 1. The molecule has 2 aromatic rings. The van der Waals surface area contributed by atoms with E-state index in [1.54, 1.807) is 12.1 Å². The average molecular weight is 354 g/mol. The maximum atomic E-state index is 11.1. The summed E-state index contributed by atoms with van der Waals surface area (Å²) in [6, 6.07) is 11.2. The summed E-state index contributed by atoms with van der Waals surface area (Å²) >= 11 is 9.42. The number of anilines is 1. The van der Waals surface area contributed by atoms with Crippen LogP contribution >= 0.6 is 27.5 Å². The third-order valence-corrected chi connectivity index (χ3v) is 4.21. The van der Waals surface area contributed by atoms with Crippen LogP contribution in [-0.4, -0.2) is 5.91 Å². The number of hydrogen-bond acceptors (Lipinski definition) is 2. The van der Waals surface area contributed by atoms with Crippen LogP contribution in [0, 0.1) is 6.92 Å². The van der Waals surface area contributed by atoms with Gasteiger partial charge in [-0.2, -0.15) is 0 Å². The third-order valence-electron chi connectivity index (χ3n) is 2.98. The molecule has 0 radical (unpaired) electrons. The van der Waals surface area contributed by atoms with Gasteiger partial charge in [-0.15, -0.1) is 0 Å². The lowest BCUT2D eigenvalue weighted by Gasteiger charge is -2.11. The first-order valence-electron chi connectivity index (χ1n) is 6.05. The number of aryl methyl sites for hydroxylation is 1.